The van der Waals surface area contributed by atoms with Crippen molar-refractivity contribution in [2.24, 2.45) is 0 Å². The molecule has 3 heteroatoms. The van der Waals surface area contributed by atoms with Crippen LogP contribution in [-0.2, 0) is 6.54 Å². The van der Waals surface area contributed by atoms with Gasteiger partial charge in [-0.25, -0.2) is 0 Å². The Morgan fingerprint density at radius 2 is 1.68 bits per heavy atom. The second kappa shape index (κ2) is 5.66. The van der Waals surface area contributed by atoms with Crippen molar-refractivity contribution in [3.8, 4) is 5.75 Å². The van der Waals surface area contributed by atoms with Crippen molar-refractivity contribution in [3.63, 3.8) is 0 Å². The van der Waals surface area contributed by atoms with Crippen LogP contribution in [0.15, 0.2) is 34.8 Å². The Labute approximate surface area is 122 Å². The van der Waals surface area contributed by atoms with Crippen LogP contribution >= 0.6 is 15.9 Å². The van der Waals surface area contributed by atoms with Crippen LogP contribution in [0.25, 0.3) is 0 Å². The third-order valence-electron chi connectivity index (χ3n) is 3.19. The SMILES string of the molecule is Cc1ccc(O)c(CNc2c(C)cc(Br)cc2C)c1. The summed E-state index contributed by atoms with van der Waals surface area (Å²) >= 11 is 3.50. The van der Waals surface area contributed by atoms with Crippen molar-refractivity contribution < 1.29 is 5.11 Å². The molecule has 0 fully saturated rings. The highest BCUT2D eigenvalue weighted by atomic mass is 79.9. The third-order valence-corrected chi connectivity index (χ3v) is 3.65. The molecule has 2 nitrogen and oxygen atoms in total. The van der Waals surface area contributed by atoms with Crippen LogP contribution in [0.3, 0.4) is 0 Å². The van der Waals surface area contributed by atoms with Crippen molar-refractivity contribution in [2.45, 2.75) is 27.3 Å². The first-order valence-electron chi connectivity index (χ1n) is 6.26. The fraction of sp³-hybridized carbons (Fsp3) is 0.250. The van der Waals surface area contributed by atoms with Crippen LogP contribution in [0, 0.1) is 20.8 Å². The molecule has 0 atom stereocenters. The van der Waals surface area contributed by atoms with Crippen LogP contribution in [-0.4, -0.2) is 5.11 Å². The molecule has 0 spiro atoms. The first-order valence-corrected chi connectivity index (χ1v) is 7.06. The van der Waals surface area contributed by atoms with E-state index in [0.717, 1.165) is 21.3 Å². The number of halogens is 1. The van der Waals surface area contributed by atoms with Crippen LogP contribution in [0.2, 0.25) is 0 Å². The molecule has 2 rings (SSSR count). The van der Waals surface area contributed by atoms with Crippen LogP contribution in [0.4, 0.5) is 5.69 Å². The van der Waals surface area contributed by atoms with E-state index in [0.29, 0.717) is 12.3 Å². The molecule has 0 heterocycles. The number of rotatable bonds is 3. The lowest BCUT2D eigenvalue weighted by Gasteiger charge is -2.14. The Kier molecular flexibility index (Phi) is 4.15. The fourth-order valence-corrected chi connectivity index (χ4v) is 2.92. The summed E-state index contributed by atoms with van der Waals surface area (Å²) in [5, 5.41) is 13.3. The maximum atomic E-state index is 9.85. The summed E-state index contributed by atoms with van der Waals surface area (Å²) in [4.78, 5) is 0. The first kappa shape index (κ1) is 13.9. The summed E-state index contributed by atoms with van der Waals surface area (Å²) in [6.45, 7) is 6.81. The Bertz CT molecular complexity index is 585. The fourth-order valence-electron chi connectivity index (χ4n) is 2.23. The predicted molar refractivity (Wildman–Crippen MR) is 83.8 cm³/mol. The number of hydrogen-bond donors (Lipinski definition) is 2. The lowest BCUT2D eigenvalue weighted by molar-refractivity contribution is 0.469. The van der Waals surface area contributed by atoms with Crippen LogP contribution < -0.4 is 5.32 Å². The number of nitrogens with one attached hydrogen (secondary N) is 1. The average molecular weight is 320 g/mol. The maximum Gasteiger partial charge on any atom is 0.120 e. The molecule has 0 amide bonds. The van der Waals surface area contributed by atoms with Gasteiger partial charge in [0.1, 0.15) is 5.75 Å². The number of benzene rings is 2. The average Bonchev–Trinajstić information content (AvgIpc) is 2.32. The molecule has 0 radical (unpaired) electrons. The van der Waals surface area contributed by atoms with E-state index in [1.54, 1.807) is 6.07 Å². The number of anilines is 1. The second-order valence-corrected chi connectivity index (χ2v) is 5.82. The minimum absolute atomic E-state index is 0.338. The molecule has 0 aliphatic carbocycles. The van der Waals surface area contributed by atoms with Gasteiger partial charge in [0, 0.05) is 22.3 Å². The molecule has 0 unspecified atom stereocenters. The summed E-state index contributed by atoms with van der Waals surface area (Å²) < 4.78 is 1.09. The van der Waals surface area contributed by atoms with Gasteiger partial charge in [-0.15, -0.1) is 0 Å². The van der Waals surface area contributed by atoms with E-state index in [4.69, 9.17) is 0 Å². The lowest BCUT2D eigenvalue weighted by atomic mass is 10.1. The summed E-state index contributed by atoms with van der Waals surface area (Å²) in [5.74, 6) is 0.338. The standard InChI is InChI=1S/C16H18BrNO/c1-10-4-5-15(19)13(6-10)9-18-16-11(2)7-14(17)8-12(16)3/h4-8,18-19H,9H2,1-3H3. The highest BCUT2D eigenvalue weighted by molar-refractivity contribution is 9.10. The van der Waals surface area contributed by atoms with Crippen LogP contribution in [0.1, 0.15) is 22.3 Å². The molecular weight excluding hydrogens is 302 g/mol. The van der Waals surface area contributed by atoms with E-state index in [1.165, 1.54) is 11.1 Å². The molecule has 0 aliphatic heterocycles. The Morgan fingerprint density at radius 1 is 1.05 bits per heavy atom. The van der Waals surface area contributed by atoms with Gasteiger partial charge < -0.3 is 10.4 Å². The van der Waals surface area contributed by atoms with Gasteiger partial charge in [0.2, 0.25) is 0 Å². The van der Waals surface area contributed by atoms with Crippen molar-refractivity contribution >= 4 is 21.6 Å². The Morgan fingerprint density at radius 3 is 2.32 bits per heavy atom. The number of aromatic hydroxyl groups is 1. The zero-order valence-electron chi connectivity index (χ0n) is 11.4. The van der Waals surface area contributed by atoms with E-state index in [1.807, 2.05) is 19.1 Å². The summed E-state index contributed by atoms with van der Waals surface area (Å²) in [6, 6.07) is 9.84. The zero-order valence-corrected chi connectivity index (χ0v) is 13.0. The van der Waals surface area contributed by atoms with Crippen molar-refractivity contribution in [3.05, 3.63) is 57.1 Å². The lowest BCUT2D eigenvalue weighted by Crippen LogP contribution is -2.03. The van der Waals surface area contributed by atoms with E-state index in [9.17, 15) is 5.11 Å². The highest BCUT2D eigenvalue weighted by Gasteiger charge is 2.06. The number of aryl methyl sites for hydroxylation is 3. The van der Waals surface area contributed by atoms with Gasteiger partial charge in [-0.05, 0) is 50.1 Å². The van der Waals surface area contributed by atoms with Crippen molar-refractivity contribution in [1.29, 1.82) is 0 Å². The molecule has 0 bridgehead atoms. The quantitative estimate of drug-likeness (QED) is 0.860. The van der Waals surface area contributed by atoms with Gasteiger partial charge in [-0.1, -0.05) is 33.6 Å². The molecule has 0 saturated heterocycles. The van der Waals surface area contributed by atoms with Crippen molar-refractivity contribution in [1.82, 2.24) is 0 Å². The molecule has 19 heavy (non-hydrogen) atoms. The molecule has 2 aromatic rings. The minimum atomic E-state index is 0.338. The van der Waals surface area contributed by atoms with E-state index < -0.39 is 0 Å². The predicted octanol–water partition coefficient (Wildman–Crippen LogP) is 4.69. The normalized spacial score (nSPS) is 10.5. The highest BCUT2D eigenvalue weighted by Crippen LogP contribution is 2.27. The number of phenolic OH excluding ortho intramolecular Hbond substituents is 1. The van der Waals surface area contributed by atoms with Gasteiger partial charge >= 0.3 is 0 Å². The molecule has 2 aromatic carbocycles. The largest absolute Gasteiger partial charge is 0.508 e. The molecular formula is C16H18BrNO. The van der Waals surface area contributed by atoms with Crippen molar-refractivity contribution in [2.75, 3.05) is 5.32 Å². The second-order valence-electron chi connectivity index (χ2n) is 4.90. The minimum Gasteiger partial charge on any atom is -0.508 e. The molecule has 0 aromatic heterocycles. The van der Waals surface area contributed by atoms with Crippen LogP contribution in [0.5, 0.6) is 5.75 Å². The number of phenols is 1. The first-order chi connectivity index (χ1) is 8.97. The molecule has 100 valence electrons. The third kappa shape index (κ3) is 3.29. The monoisotopic (exact) mass is 319 g/mol. The smallest absolute Gasteiger partial charge is 0.120 e. The molecule has 2 N–H and O–H groups in total. The Hall–Kier alpha value is -1.48. The summed E-state index contributed by atoms with van der Waals surface area (Å²) in [6.07, 6.45) is 0. The number of hydrogen-bond acceptors (Lipinski definition) is 2. The van der Waals surface area contributed by atoms with Gasteiger partial charge in [-0.3, -0.25) is 0 Å². The van der Waals surface area contributed by atoms with E-state index in [2.05, 4.69) is 47.2 Å². The zero-order chi connectivity index (χ0) is 14.0. The maximum absolute atomic E-state index is 9.85. The van der Waals surface area contributed by atoms with Gasteiger partial charge in [0.05, 0.1) is 0 Å². The topological polar surface area (TPSA) is 32.3 Å². The summed E-state index contributed by atoms with van der Waals surface area (Å²) in [7, 11) is 0. The molecule has 0 aliphatic rings. The Balaban J connectivity index is 2.21. The summed E-state index contributed by atoms with van der Waals surface area (Å²) in [5.41, 5.74) is 5.59. The van der Waals surface area contributed by atoms with E-state index >= 15 is 0 Å². The van der Waals surface area contributed by atoms with Gasteiger partial charge in [-0.2, -0.15) is 0 Å². The van der Waals surface area contributed by atoms with E-state index in [-0.39, 0.29) is 0 Å². The van der Waals surface area contributed by atoms with Gasteiger partial charge in [0.15, 0.2) is 0 Å². The molecule has 0 saturated carbocycles. The van der Waals surface area contributed by atoms with Gasteiger partial charge in [0.25, 0.3) is 0 Å².